The zero-order valence-corrected chi connectivity index (χ0v) is 15.3. The van der Waals surface area contributed by atoms with E-state index in [1.54, 1.807) is 4.68 Å². The number of aromatic nitrogens is 2. The number of rotatable bonds is 4. The van der Waals surface area contributed by atoms with Crippen molar-refractivity contribution < 1.29 is 4.79 Å². The largest absolute Gasteiger partial charge is 0.349 e. The van der Waals surface area contributed by atoms with Gasteiger partial charge in [-0.05, 0) is 30.2 Å². The van der Waals surface area contributed by atoms with Gasteiger partial charge in [-0.1, -0.05) is 23.7 Å². The maximum atomic E-state index is 12.7. The summed E-state index contributed by atoms with van der Waals surface area (Å²) in [4.78, 5) is 12.7. The normalized spacial score (nSPS) is 21.1. The molecule has 1 fully saturated rings. The molecule has 0 spiro atoms. The lowest BCUT2D eigenvalue weighted by molar-refractivity contribution is -0.125. The molecule has 5 nitrogen and oxygen atoms in total. The molecule has 1 aliphatic heterocycles. The van der Waals surface area contributed by atoms with Crippen LogP contribution in [0, 0.1) is 5.92 Å². The lowest BCUT2D eigenvalue weighted by Crippen LogP contribution is -2.35. The van der Waals surface area contributed by atoms with E-state index in [-0.39, 0.29) is 36.2 Å². The Hall–Kier alpha value is -1.56. The zero-order valence-electron chi connectivity index (χ0n) is 13.7. The topological polar surface area (TPSA) is 59.0 Å². The SMILES string of the molecule is CC(NC(=O)[C@H]1CNC[C@@H]1c1cnn(C)c1)c1cccc(Cl)c1.Cl. The molecule has 1 aliphatic rings. The Morgan fingerprint density at radius 2 is 2.25 bits per heavy atom. The number of carbonyl (C=O) groups is 1. The van der Waals surface area contributed by atoms with Crippen LogP contribution in [-0.2, 0) is 11.8 Å². The first-order chi connectivity index (χ1) is 11.0. The molecule has 1 unspecified atom stereocenters. The molecule has 3 atom stereocenters. The van der Waals surface area contributed by atoms with E-state index in [1.165, 1.54) is 0 Å². The summed E-state index contributed by atoms with van der Waals surface area (Å²) in [5.74, 6) is 0.146. The second-order valence-corrected chi connectivity index (χ2v) is 6.54. The third-order valence-corrected chi connectivity index (χ3v) is 4.65. The molecule has 1 saturated heterocycles. The molecule has 7 heteroatoms. The first-order valence-electron chi connectivity index (χ1n) is 7.79. The molecule has 0 aliphatic carbocycles. The van der Waals surface area contributed by atoms with E-state index in [1.807, 2.05) is 50.6 Å². The summed E-state index contributed by atoms with van der Waals surface area (Å²) in [7, 11) is 1.89. The molecule has 130 valence electrons. The van der Waals surface area contributed by atoms with Crippen LogP contribution in [0.25, 0.3) is 0 Å². The van der Waals surface area contributed by atoms with Crippen molar-refractivity contribution in [3.8, 4) is 0 Å². The van der Waals surface area contributed by atoms with Gasteiger partial charge >= 0.3 is 0 Å². The first-order valence-corrected chi connectivity index (χ1v) is 8.17. The second kappa shape index (κ2) is 8.01. The predicted octanol–water partition coefficient (Wildman–Crippen LogP) is 2.68. The summed E-state index contributed by atoms with van der Waals surface area (Å²) in [6.07, 6.45) is 3.83. The van der Waals surface area contributed by atoms with Gasteiger partial charge in [0, 0.05) is 37.3 Å². The molecule has 1 aromatic heterocycles. The average Bonchev–Trinajstić information content (AvgIpc) is 3.15. The monoisotopic (exact) mass is 368 g/mol. The molecule has 0 bridgehead atoms. The van der Waals surface area contributed by atoms with Crippen molar-refractivity contribution in [3.05, 3.63) is 52.8 Å². The number of halogens is 2. The van der Waals surface area contributed by atoms with E-state index >= 15 is 0 Å². The van der Waals surface area contributed by atoms with Crippen LogP contribution in [-0.4, -0.2) is 28.8 Å². The van der Waals surface area contributed by atoms with Crippen molar-refractivity contribution in [1.29, 1.82) is 0 Å². The number of nitrogens with one attached hydrogen (secondary N) is 2. The van der Waals surface area contributed by atoms with Crippen LogP contribution < -0.4 is 10.6 Å². The van der Waals surface area contributed by atoms with Crippen LogP contribution in [0.5, 0.6) is 0 Å². The van der Waals surface area contributed by atoms with Gasteiger partial charge in [0.25, 0.3) is 0 Å². The third-order valence-electron chi connectivity index (χ3n) is 4.41. The fraction of sp³-hybridized carbons (Fsp3) is 0.412. The van der Waals surface area contributed by atoms with E-state index in [2.05, 4.69) is 15.7 Å². The molecule has 0 saturated carbocycles. The lowest BCUT2D eigenvalue weighted by atomic mass is 9.90. The third kappa shape index (κ3) is 4.09. The molecule has 3 rings (SSSR count). The van der Waals surface area contributed by atoms with Gasteiger partial charge < -0.3 is 10.6 Å². The molecule has 2 N–H and O–H groups in total. The Morgan fingerprint density at radius 3 is 2.92 bits per heavy atom. The molecular weight excluding hydrogens is 347 g/mol. The van der Waals surface area contributed by atoms with Gasteiger partial charge in [0.05, 0.1) is 18.2 Å². The van der Waals surface area contributed by atoms with E-state index in [0.717, 1.165) is 17.7 Å². The van der Waals surface area contributed by atoms with E-state index in [9.17, 15) is 4.79 Å². The van der Waals surface area contributed by atoms with Crippen molar-refractivity contribution in [2.75, 3.05) is 13.1 Å². The highest BCUT2D eigenvalue weighted by Gasteiger charge is 2.35. The van der Waals surface area contributed by atoms with Crippen molar-refractivity contribution in [3.63, 3.8) is 0 Å². The molecule has 2 heterocycles. The van der Waals surface area contributed by atoms with Crippen LogP contribution in [0.15, 0.2) is 36.7 Å². The van der Waals surface area contributed by atoms with Gasteiger partial charge in [-0.15, -0.1) is 12.4 Å². The van der Waals surface area contributed by atoms with Gasteiger partial charge in [0.1, 0.15) is 0 Å². The zero-order chi connectivity index (χ0) is 16.4. The highest BCUT2D eigenvalue weighted by atomic mass is 35.5. The van der Waals surface area contributed by atoms with E-state index < -0.39 is 0 Å². The lowest BCUT2D eigenvalue weighted by Gasteiger charge is -2.21. The summed E-state index contributed by atoms with van der Waals surface area (Å²) in [6, 6.07) is 7.52. The Kier molecular flexibility index (Phi) is 6.27. The molecule has 1 aromatic carbocycles. The summed E-state index contributed by atoms with van der Waals surface area (Å²) in [6.45, 7) is 3.47. The van der Waals surface area contributed by atoms with Crippen LogP contribution in [0.2, 0.25) is 5.02 Å². The quantitative estimate of drug-likeness (QED) is 0.871. The summed E-state index contributed by atoms with van der Waals surface area (Å²) >= 11 is 6.03. The number of nitrogens with zero attached hydrogens (tertiary/aromatic N) is 2. The number of hydrogen-bond acceptors (Lipinski definition) is 3. The second-order valence-electron chi connectivity index (χ2n) is 6.10. The van der Waals surface area contributed by atoms with Gasteiger partial charge in [-0.3, -0.25) is 9.48 Å². The van der Waals surface area contributed by atoms with Crippen molar-refractivity contribution in [1.82, 2.24) is 20.4 Å². The van der Waals surface area contributed by atoms with Crippen molar-refractivity contribution >= 4 is 29.9 Å². The minimum absolute atomic E-state index is 0. The van der Waals surface area contributed by atoms with Gasteiger partial charge in [-0.25, -0.2) is 0 Å². The fourth-order valence-electron chi connectivity index (χ4n) is 3.12. The standard InChI is InChI=1S/C17H21ClN4O.ClH/c1-11(12-4-3-5-14(18)6-12)21-17(23)16-9-19-8-15(16)13-7-20-22(2)10-13;/h3-7,10-11,15-16,19H,8-9H2,1-2H3,(H,21,23);1H/t11?,15-,16+;/m1./s1. The van der Waals surface area contributed by atoms with Crippen LogP contribution in [0.1, 0.15) is 30.0 Å². The Balaban J connectivity index is 0.00000208. The number of amides is 1. The van der Waals surface area contributed by atoms with Crippen molar-refractivity contribution in [2.45, 2.75) is 18.9 Å². The number of benzene rings is 1. The summed E-state index contributed by atoms with van der Waals surface area (Å²) < 4.78 is 1.78. The maximum absolute atomic E-state index is 12.7. The Bertz CT molecular complexity index is 703. The van der Waals surface area contributed by atoms with E-state index in [4.69, 9.17) is 11.6 Å². The summed E-state index contributed by atoms with van der Waals surface area (Å²) in [5, 5.41) is 11.3. The predicted molar refractivity (Wildman–Crippen MR) is 97.6 cm³/mol. The highest BCUT2D eigenvalue weighted by molar-refractivity contribution is 6.30. The minimum atomic E-state index is -0.0826. The molecular formula is C17H22Cl2N4O. The number of aryl methyl sites for hydroxylation is 1. The maximum Gasteiger partial charge on any atom is 0.225 e. The van der Waals surface area contributed by atoms with Crippen LogP contribution in [0.4, 0.5) is 0 Å². The molecule has 24 heavy (non-hydrogen) atoms. The van der Waals surface area contributed by atoms with Gasteiger partial charge in [0.2, 0.25) is 5.91 Å². The summed E-state index contributed by atoms with van der Waals surface area (Å²) in [5.41, 5.74) is 2.11. The minimum Gasteiger partial charge on any atom is -0.349 e. The fourth-order valence-corrected chi connectivity index (χ4v) is 3.31. The molecule has 1 amide bonds. The number of carbonyl (C=O) groups excluding carboxylic acids is 1. The average molecular weight is 369 g/mol. The van der Waals surface area contributed by atoms with Gasteiger partial charge in [0.15, 0.2) is 0 Å². The van der Waals surface area contributed by atoms with E-state index in [0.29, 0.717) is 11.6 Å². The first kappa shape index (κ1) is 18.8. The Labute approximate surface area is 153 Å². The highest BCUT2D eigenvalue weighted by Crippen LogP contribution is 2.28. The molecule has 2 aromatic rings. The van der Waals surface area contributed by atoms with Crippen molar-refractivity contribution in [2.24, 2.45) is 13.0 Å². The smallest absolute Gasteiger partial charge is 0.225 e. The number of hydrogen-bond donors (Lipinski definition) is 2. The Morgan fingerprint density at radius 1 is 1.46 bits per heavy atom. The van der Waals surface area contributed by atoms with Gasteiger partial charge in [-0.2, -0.15) is 5.10 Å². The van der Waals surface area contributed by atoms with Crippen LogP contribution in [0.3, 0.4) is 0 Å². The molecule has 0 radical (unpaired) electrons. The van der Waals surface area contributed by atoms with Crippen LogP contribution >= 0.6 is 24.0 Å².